The Hall–Kier alpha value is -2.08. The molecule has 2 N–H and O–H groups in total. The van der Waals surface area contributed by atoms with Crippen LogP contribution in [0.3, 0.4) is 0 Å². The van der Waals surface area contributed by atoms with E-state index in [-0.39, 0.29) is 6.54 Å². The summed E-state index contributed by atoms with van der Waals surface area (Å²) in [6.45, 7) is 0.238. The fourth-order valence-corrected chi connectivity index (χ4v) is 1.42. The van der Waals surface area contributed by atoms with E-state index >= 15 is 0 Å². The van der Waals surface area contributed by atoms with Crippen molar-refractivity contribution >= 4 is 0 Å². The third-order valence-electron chi connectivity index (χ3n) is 2.29. The van der Waals surface area contributed by atoms with Gasteiger partial charge in [0.2, 0.25) is 0 Å². The van der Waals surface area contributed by atoms with Crippen molar-refractivity contribution in [1.82, 2.24) is 10.1 Å². The molecule has 6 heteroatoms. The predicted octanol–water partition coefficient (Wildman–Crippen LogP) is 1.21. The van der Waals surface area contributed by atoms with Crippen molar-refractivity contribution in [3.8, 4) is 23.0 Å². The zero-order valence-corrected chi connectivity index (χ0v) is 9.64. The first kappa shape index (κ1) is 11.4. The van der Waals surface area contributed by atoms with Crippen LogP contribution < -0.4 is 15.2 Å². The maximum atomic E-state index is 5.42. The van der Waals surface area contributed by atoms with Gasteiger partial charge in [-0.1, -0.05) is 5.16 Å². The van der Waals surface area contributed by atoms with Gasteiger partial charge in [0, 0.05) is 6.07 Å². The molecule has 1 heterocycles. The van der Waals surface area contributed by atoms with E-state index in [0.717, 1.165) is 0 Å². The Morgan fingerprint density at radius 3 is 2.71 bits per heavy atom. The SMILES string of the molecule is COc1ccc(-c2nc(CN)no2)c(OC)c1. The lowest BCUT2D eigenvalue weighted by atomic mass is 10.2. The summed E-state index contributed by atoms with van der Waals surface area (Å²) in [6.07, 6.45) is 0. The fraction of sp³-hybridized carbons (Fsp3) is 0.273. The van der Waals surface area contributed by atoms with Gasteiger partial charge in [0.1, 0.15) is 11.5 Å². The average molecular weight is 235 g/mol. The van der Waals surface area contributed by atoms with E-state index in [0.29, 0.717) is 28.8 Å². The Bertz CT molecular complexity index is 510. The molecule has 0 aliphatic carbocycles. The second-order valence-electron chi connectivity index (χ2n) is 3.29. The van der Waals surface area contributed by atoms with E-state index < -0.39 is 0 Å². The van der Waals surface area contributed by atoms with Crippen molar-refractivity contribution in [1.29, 1.82) is 0 Å². The monoisotopic (exact) mass is 235 g/mol. The highest BCUT2D eigenvalue weighted by Crippen LogP contribution is 2.32. The molecule has 1 aromatic heterocycles. The van der Waals surface area contributed by atoms with Gasteiger partial charge < -0.3 is 19.7 Å². The molecule has 0 saturated heterocycles. The molecule has 17 heavy (non-hydrogen) atoms. The van der Waals surface area contributed by atoms with Crippen LogP contribution in [-0.4, -0.2) is 24.4 Å². The van der Waals surface area contributed by atoms with Gasteiger partial charge >= 0.3 is 0 Å². The van der Waals surface area contributed by atoms with E-state index in [1.807, 2.05) is 0 Å². The van der Waals surface area contributed by atoms with Crippen molar-refractivity contribution in [2.24, 2.45) is 5.73 Å². The Balaban J connectivity index is 2.43. The summed E-state index contributed by atoms with van der Waals surface area (Å²) in [4.78, 5) is 4.14. The molecule has 0 aliphatic rings. The molecule has 90 valence electrons. The van der Waals surface area contributed by atoms with Crippen LogP contribution in [0, 0.1) is 0 Å². The molecule has 1 aromatic carbocycles. The highest BCUT2D eigenvalue weighted by Gasteiger charge is 2.13. The summed E-state index contributed by atoms with van der Waals surface area (Å²) in [5.41, 5.74) is 6.13. The number of aromatic nitrogens is 2. The van der Waals surface area contributed by atoms with Crippen LogP contribution in [0.4, 0.5) is 0 Å². The molecule has 0 radical (unpaired) electrons. The standard InChI is InChI=1S/C11H13N3O3/c1-15-7-3-4-8(9(5-7)16-2)11-13-10(6-12)14-17-11/h3-5H,6,12H2,1-2H3. The van der Waals surface area contributed by atoms with Crippen molar-refractivity contribution in [3.05, 3.63) is 24.0 Å². The lowest BCUT2D eigenvalue weighted by Gasteiger charge is -2.06. The van der Waals surface area contributed by atoms with Crippen LogP contribution in [0.15, 0.2) is 22.7 Å². The van der Waals surface area contributed by atoms with Crippen LogP contribution >= 0.6 is 0 Å². The second-order valence-corrected chi connectivity index (χ2v) is 3.29. The van der Waals surface area contributed by atoms with Gasteiger partial charge in [-0.3, -0.25) is 0 Å². The molecule has 6 nitrogen and oxygen atoms in total. The van der Waals surface area contributed by atoms with Crippen LogP contribution in [0.1, 0.15) is 5.82 Å². The molecule has 2 aromatic rings. The molecule has 0 fully saturated rings. The Morgan fingerprint density at radius 1 is 1.29 bits per heavy atom. The molecule has 2 rings (SSSR count). The summed E-state index contributed by atoms with van der Waals surface area (Å²) < 4.78 is 15.4. The quantitative estimate of drug-likeness (QED) is 0.857. The molecule has 0 saturated carbocycles. The number of hydrogen-bond acceptors (Lipinski definition) is 6. The minimum atomic E-state index is 0.238. The van der Waals surface area contributed by atoms with Gasteiger partial charge in [-0.25, -0.2) is 0 Å². The Labute approximate surface area is 98.3 Å². The molecule has 0 amide bonds. The largest absolute Gasteiger partial charge is 0.497 e. The van der Waals surface area contributed by atoms with E-state index in [9.17, 15) is 0 Å². The van der Waals surface area contributed by atoms with Gasteiger partial charge in [-0.2, -0.15) is 4.98 Å². The van der Waals surface area contributed by atoms with E-state index in [2.05, 4.69) is 10.1 Å². The summed E-state index contributed by atoms with van der Waals surface area (Å²) in [5.74, 6) is 2.14. The number of benzene rings is 1. The number of nitrogens with two attached hydrogens (primary N) is 1. The van der Waals surface area contributed by atoms with Gasteiger partial charge in [0.25, 0.3) is 5.89 Å². The average Bonchev–Trinajstić information content (AvgIpc) is 2.86. The molecular formula is C11H13N3O3. The first-order valence-corrected chi connectivity index (χ1v) is 5.03. The highest BCUT2D eigenvalue weighted by atomic mass is 16.5. The lowest BCUT2D eigenvalue weighted by Crippen LogP contribution is -1.98. The number of hydrogen-bond donors (Lipinski definition) is 1. The smallest absolute Gasteiger partial charge is 0.261 e. The first-order valence-electron chi connectivity index (χ1n) is 5.03. The van der Waals surface area contributed by atoms with Crippen molar-refractivity contribution in [2.75, 3.05) is 14.2 Å². The van der Waals surface area contributed by atoms with Gasteiger partial charge in [0.15, 0.2) is 5.82 Å². The molecule has 0 atom stereocenters. The van der Waals surface area contributed by atoms with E-state index in [1.54, 1.807) is 32.4 Å². The third kappa shape index (κ3) is 2.21. The van der Waals surface area contributed by atoms with E-state index in [1.165, 1.54) is 0 Å². The van der Waals surface area contributed by atoms with Gasteiger partial charge in [-0.05, 0) is 12.1 Å². The highest BCUT2D eigenvalue weighted by molar-refractivity contribution is 5.64. The maximum Gasteiger partial charge on any atom is 0.261 e. The van der Waals surface area contributed by atoms with Crippen molar-refractivity contribution in [2.45, 2.75) is 6.54 Å². The lowest BCUT2D eigenvalue weighted by molar-refractivity contribution is 0.390. The minimum Gasteiger partial charge on any atom is -0.497 e. The van der Waals surface area contributed by atoms with Crippen molar-refractivity contribution in [3.63, 3.8) is 0 Å². The summed E-state index contributed by atoms with van der Waals surface area (Å²) in [7, 11) is 3.16. The zero-order valence-electron chi connectivity index (χ0n) is 9.64. The molecule has 0 bridgehead atoms. The Kier molecular flexibility index (Phi) is 3.24. The fourth-order valence-electron chi connectivity index (χ4n) is 1.42. The van der Waals surface area contributed by atoms with Crippen molar-refractivity contribution < 1.29 is 14.0 Å². The van der Waals surface area contributed by atoms with Gasteiger partial charge in [0.05, 0.1) is 26.3 Å². The van der Waals surface area contributed by atoms with Crippen LogP contribution in [0.25, 0.3) is 11.5 Å². The second kappa shape index (κ2) is 4.84. The minimum absolute atomic E-state index is 0.238. The molecule has 0 spiro atoms. The molecule has 0 aliphatic heterocycles. The normalized spacial score (nSPS) is 10.3. The van der Waals surface area contributed by atoms with Crippen LogP contribution in [0.5, 0.6) is 11.5 Å². The zero-order chi connectivity index (χ0) is 12.3. The maximum absolute atomic E-state index is 5.42. The van der Waals surface area contributed by atoms with E-state index in [4.69, 9.17) is 19.7 Å². The number of nitrogens with zero attached hydrogens (tertiary/aromatic N) is 2. The summed E-state index contributed by atoms with van der Waals surface area (Å²) in [5, 5.41) is 3.73. The number of ether oxygens (including phenoxy) is 2. The summed E-state index contributed by atoms with van der Waals surface area (Å²) in [6, 6.07) is 5.34. The van der Waals surface area contributed by atoms with Gasteiger partial charge in [-0.15, -0.1) is 0 Å². The first-order chi connectivity index (χ1) is 8.28. The van der Waals surface area contributed by atoms with Crippen LogP contribution in [-0.2, 0) is 6.54 Å². The molecular weight excluding hydrogens is 222 g/mol. The molecule has 0 unspecified atom stereocenters. The predicted molar refractivity (Wildman–Crippen MR) is 60.7 cm³/mol. The topological polar surface area (TPSA) is 83.4 Å². The third-order valence-corrected chi connectivity index (χ3v) is 2.29. The van der Waals surface area contributed by atoms with Crippen LogP contribution in [0.2, 0.25) is 0 Å². The number of rotatable bonds is 4. The Morgan fingerprint density at radius 2 is 2.12 bits per heavy atom. The number of methoxy groups -OCH3 is 2. The summed E-state index contributed by atoms with van der Waals surface area (Å²) >= 11 is 0.